The summed E-state index contributed by atoms with van der Waals surface area (Å²) in [6.07, 6.45) is 4.52. The van der Waals surface area contributed by atoms with Crippen molar-refractivity contribution in [3.63, 3.8) is 0 Å². The van der Waals surface area contributed by atoms with Gasteiger partial charge in [0.05, 0.1) is 0 Å². The number of aromatic hydroxyl groups is 1. The predicted molar refractivity (Wildman–Crippen MR) is 71.5 cm³/mol. The number of benzene rings is 1. The highest BCUT2D eigenvalue weighted by Gasteiger charge is 2.48. The normalized spacial score (nSPS) is 31.8. The van der Waals surface area contributed by atoms with Crippen molar-refractivity contribution in [2.75, 3.05) is 6.54 Å². The van der Waals surface area contributed by atoms with Crippen LogP contribution in [-0.4, -0.2) is 22.5 Å². The topological polar surface area (TPSA) is 40.5 Å². The minimum Gasteiger partial charge on any atom is -0.508 e. The molecule has 0 spiro atoms. The summed E-state index contributed by atoms with van der Waals surface area (Å²) >= 11 is 0. The van der Waals surface area contributed by atoms with Crippen molar-refractivity contribution in [1.29, 1.82) is 0 Å². The van der Waals surface area contributed by atoms with E-state index in [4.69, 9.17) is 0 Å². The predicted octanol–water partition coefficient (Wildman–Crippen LogP) is 2.32. The van der Waals surface area contributed by atoms with E-state index in [0.29, 0.717) is 18.2 Å². The number of rotatable bonds is 1. The SMILES string of the molecule is O=C(C1CC2CC2C1)N1CCc2ccc(O)cc2C1. The van der Waals surface area contributed by atoms with Crippen LogP contribution in [0.3, 0.4) is 0 Å². The number of amides is 1. The molecule has 1 heterocycles. The van der Waals surface area contributed by atoms with Gasteiger partial charge in [-0.1, -0.05) is 6.07 Å². The largest absolute Gasteiger partial charge is 0.508 e. The van der Waals surface area contributed by atoms with Gasteiger partial charge in [0.2, 0.25) is 5.91 Å². The van der Waals surface area contributed by atoms with E-state index in [1.54, 1.807) is 12.1 Å². The summed E-state index contributed by atoms with van der Waals surface area (Å²) in [5.41, 5.74) is 2.39. The van der Waals surface area contributed by atoms with Crippen molar-refractivity contribution >= 4 is 5.91 Å². The summed E-state index contributed by atoms with van der Waals surface area (Å²) in [5.74, 6) is 2.64. The fraction of sp³-hybridized carbons (Fsp3) is 0.562. The average Bonchev–Trinajstić information content (AvgIpc) is 3.03. The molecule has 1 aliphatic heterocycles. The Kier molecular flexibility index (Phi) is 2.38. The van der Waals surface area contributed by atoms with Crippen molar-refractivity contribution < 1.29 is 9.90 Å². The van der Waals surface area contributed by atoms with Crippen LogP contribution < -0.4 is 0 Å². The van der Waals surface area contributed by atoms with E-state index in [-0.39, 0.29) is 5.92 Å². The van der Waals surface area contributed by atoms with Crippen LogP contribution in [0.25, 0.3) is 0 Å². The number of phenols is 1. The fourth-order valence-corrected chi connectivity index (χ4v) is 3.91. The van der Waals surface area contributed by atoms with Gasteiger partial charge in [0, 0.05) is 19.0 Å². The first kappa shape index (κ1) is 11.3. The number of phenolic OH excluding ortho intramolecular Hbond substituents is 1. The van der Waals surface area contributed by atoms with E-state index in [9.17, 15) is 9.90 Å². The molecule has 3 heteroatoms. The van der Waals surface area contributed by atoms with Crippen LogP contribution in [0.1, 0.15) is 30.4 Å². The molecular weight excluding hydrogens is 238 g/mol. The fourth-order valence-electron chi connectivity index (χ4n) is 3.91. The summed E-state index contributed by atoms with van der Waals surface area (Å²) in [5, 5.41) is 9.56. The Labute approximate surface area is 113 Å². The summed E-state index contributed by atoms with van der Waals surface area (Å²) in [6.45, 7) is 1.51. The van der Waals surface area contributed by atoms with E-state index >= 15 is 0 Å². The lowest BCUT2D eigenvalue weighted by molar-refractivity contribution is -0.136. The van der Waals surface area contributed by atoms with Gasteiger partial charge in [0.1, 0.15) is 5.75 Å². The van der Waals surface area contributed by atoms with Gasteiger partial charge in [-0.25, -0.2) is 0 Å². The minimum absolute atomic E-state index is 0.280. The van der Waals surface area contributed by atoms with Gasteiger partial charge in [0.25, 0.3) is 0 Å². The summed E-state index contributed by atoms with van der Waals surface area (Å²) in [7, 11) is 0. The quantitative estimate of drug-likeness (QED) is 0.838. The van der Waals surface area contributed by atoms with Crippen molar-refractivity contribution in [3.8, 4) is 5.75 Å². The molecule has 3 aliphatic rings. The molecule has 2 saturated carbocycles. The lowest BCUT2D eigenvalue weighted by Crippen LogP contribution is -2.39. The first-order chi connectivity index (χ1) is 9.20. The molecule has 0 saturated heterocycles. The Morgan fingerprint density at radius 2 is 1.95 bits per heavy atom. The number of fused-ring (bicyclic) bond motifs is 2. The maximum atomic E-state index is 12.5. The zero-order chi connectivity index (χ0) is 13.0. The molecule has 1 aromatic rings. The number of hydrogen-bond donors (Lipinski definition) is 1. The molecule has 2 atom stereocenters. The van der Waals surface area contributed by atoms with Crippen LogP contribution in [0.5, 0.6) is 5.75 Å². The molecule has 1 amide bonds. The van der Waals surface area contributed by atoms with Gasteiger partial charge in [-0.2, -0.15) is 0 Å². The van der Waals surface area contributed by atoms with Crippen LogP contribution in [0.2, 0.25) is 0 Å². The van der Waals surface area contributed by atoms with Gasteiger partial charge in [0.15, 0.2) is 0 Å². The van der Waals surface area contributed by atoms with Crippen molar-refractivity contribution in [1.82, 2.24) is 4.90 Å². The third kappa shape index (κ3) is 1.92. The Morgan fingerprint density at radius 1 is 1.16 bits per heavy atom. The molecule has 100 valence electrons. The van der Waals surface area contributed by atoms with Crippen molar-refractivity contribution in [2.24, 2.45) is 17.8 Å². The molecule has 3 nitrogen and oxygen atoms in total. The number of nitrogens with zero attached hydrogens (tertiary/aromatic N) is 1. The highest BCUT2D eigenvalue weighted by molar-refractivity contribution is 5.79. The standard InChI is InChI=1S/C16H19NO2/c18-15-2-1-10-3-4-17(9-14(10)8-15)16(19)13-6-11-5-12(11)7-13/h1-2,8,11-13,18H,3-7,9H2. The van der Waals surface area contributed by atoms with Gasteiger partial charge < -0.3 is 10.0 Å². The molecule has 4 rings (SSSR count). The third-order valence-electron chi connectivity index (χ3n) is 5.11. The minimum atomic E-state index is 0.280. The van der Waals surface area contributed by atoms with Crippen LogP contribution >= 0.6 is 0 Å². The second kappa shape index (κ2) is 3.99. The monoisotopic (exact) mass is 257 g/mol. The number of hydrogen-bond acceptors (Lipinski definition) is 2. The van der Waals surface area contributed by atoms with Crippen LogP contribution in [0.15, 0.2) is 18.2 Å². The first-order valence-corrected chi connectivity index (χ1v) is 7.30. The van der Waals surface area contributed by atoms with Gasteiger partial charge in [-0.15, -0.1) is 0 Å². The maximum absolute atomic E-state index is 12.5. The lowest BCUT2D eigenvalue weighted by Gasteiger charge is -2.31. The first-order valence-electron chi connectivity index (χ1n) is 7.30. The Bertz CT molecular complexity index is 530. The summed E-state index contributed by atoms with van der Waals surface area (Å²) < 4.78 is 0. The number of carbonyl (C=O) groups is 1. The molecule has 19 heavy (non-hydrogen) atoms. The van der Waals surface area contributed by atoms with E-state index in [1.807, 2.05) is 11.0 Å². The molecule has 1 N–H and O–H groups in total. The molecule has 1 aromatic carbocycles. The average molecular weight is 257 g/mol. The van der Waals surface area contributed by atoms with E-state index in [2.05, 4.69) is 0 Å². The number of carbonyl (C=O) groups excluding carboxylic acids is 1. The van der Waals surface area contributed by atoms with Crippen LogP contribution in [0.4, 0.5) is 0 Å². The molecular formula is C16H19NO2. The van der Waals surface area contributed by atoms with Crippen molar-refractivity contribution in [3.05, 3.63) is 29.3 Å². The Hall–Kier alpha value is -1.51. The molecule has 0 bridgehead atoms. The van der Waals surface area contributed by atoms with Crippen LogP contribution in [-0.2, 0) is 17.8 Å². The molecule has 0 aromatic heterocycles. The van der Waals surface area contributed by atoms with Crippen molar-refractivity contribution in [2.45, 2.75) is 32.2 Å². The lowest BCUT2D eigenvalue weighted by atomic mass is 9.96. The van der Waals surface area contributed by atoms with Gasteiger partial charge in [-0.3, -0.25) is 4.79 Å². The Balaban J connectivity index is 1.50. The summed E-state index contributed by atoms with van der Waals surface area (Å²) in [4.78, 5) is 14.5. The highest BCUT2D eigenvalue weighted by Crippen LogP contribution is 2.54. The highest BCUT2D eigenvalue weighted by atomic mass is 16.3. The zero-order valence-corrected chi connectivity index (χ0v) is 11.0. The van der Waals surface area contributed by atoms with E-state index in [0.717, 1.165) is 43.2 Å². The molecule has 2 aliphatic carbocycles. The maximum Gasteiger partial charge on any atom is 0.226 e. The van der Waals surface area contributed by atoms with Gasteiger partial charge >= 0.3 is 0 Å². The smallest absolute Gasteiger partial charge is 0.226 e. The van der Waals surface area contributed by atoms with Crippen LogP contribution in [0, 0.1) is 17.8 Å². The summed E-state index contributed by atoms with van der Waals surface area (Å²) in [6, 6.07) is 5.53. The molecule has 0 radical (unpaired) electrons. The van der Waals surface area contributed by atoms with E-state index < -0.39 is 0 Å². The third-order valence-corrected chi connectivity index (χ3v) is 5.11. The van der Waals surface area contributed by atoms with Gasteiger partial charge in [-0.05, 0) is 60.8 Å². The van der Waals surface area contributed by atoms with E-state index in [1.165, 1.54) is 12.0 Å². The second-order valence-corrected chi connectivity index (χ2v) is 6.39. The zero-order valence-electron chi connectivity index (χ0n) is 11.0. The Morgan fingerprint density at radius 3 is 2.74 bits per heavy atom. The second-order valence-electron chi connectivity index (χ2n) is 6.39. The molecule has 2 fully saturated rings. The molecule has 2 unspecified atom stereocenters.